The molecule has 0 saturated heterocycles. The van der Waals surface area contributed by atoms with Crippen LogP contribution in [0, 0.1) is 13.8 Å². The Morgan fingerprint density at radius 1 is 0.781 bits per heavy atom. The third kappa shape index (κ3) is 2.14. The molecule has 0 bridgehead atoms. The predicted octanol–water partition coefficient (Wildman–Crippen LogP) is 6.87. The molecule has 0 aliphatic rings. The maximum absolute atomic E-state index is 5.99. The quantitative estimate of drug-likeness (QED) is 0.216. The molecule has 4 heteroatoms. The lowest BCUT2D eigenvalue weighted by atomic mass is 9.99. The van der Waals surface area contributed by atoms with Gasteiger partial charge in [-0.3, -0.25) is 0 Å². The Hall–Kier alpha value is -4.05. The molecule has 0 unspecified atom stereocenters. The zero-order valence-corrected chi connectivity index (χ0v) is 18.1. The van der Waals surface area contributed by atoms with Crippen molar-refractivity contribution in [2.75, 3.05) is 0 Å². The molecule has 3 aromatic heterocycles. The van der Waals surface area contributed by atoms with Gasteiger partial charge >= 0.3 is 0 Å². The molecular weight excluding hydrogens is 396 g/mol. The molecule has 0 saturated carbocycles. The van der Waals surface area contributed by atoms with Gasteiger partial charge in [0.25, 0.3) is 11.6 Å². The molecule has 0 amide bonds. The van der Waals surface area contributed by atoms with Gasteiger partial charge in [-0.15, -0.1) is 0 Å². The molecule has 7 rings (SSSR count). The van der Waals surface area contributed by atoms with Gasteiger partial charge in [-0.2, -0.15) is 4.57 Å². The SMILES string of the molecule is Cc1ccccc1-n1c(C)[n+](C)c2ccc3c4cc5oc6occc6c5cc4ccc3c21. The molecule has 0 atom stereocenters. The van der Waals surface area contributed by atoms with Crippen LogP contribution in [-0.2, 0) is 7.05 Å². The summed E-state index contributed by atoms with van der Waals surface area (Å²) in [4.78, 5) is 0. The summed E-state index contributed by atoms with van der Waals surface area (Å²) < 4.78 is 16.1. The Bertz CT molecular complexity index is 1860. The summed E-state index contributed by atoms with van der Waals surface area (Å²) in [5, 5.41) is 6.95. The van der Waals surface area contributed by atoms with Crippen molar-refractivity contribution >= 4 is 54.7 Å². The average Bonchev–Trinajstić information content (AvgIpc) is 3.46. The number of aryl methyl sites for hydroxylation is 2. The van der Waals surface area contributed by atoms with Gasteiger partial charge in [-0.25, -0.2) is 4.57 Å². The minimum atomic E-state index is 0.582. The van der Waals surface area contributed by atoms with E-state index in [1.165, 1.54) is 49.7 Å². The van der Waals surface area contributed by atoms with E-state index in [0.717, 1.165) is 16.4 Å². The Morgan fingerprint density at radius 3 is 2.50 bits per heavy atom. The zero-order valence-electron chi connectivity index (χ0n) is 18.1. The second kappa shape index (κ2) is 6.01. The summed E-state index contributed by atoms with van der Waals surface area (Å²) in [6.07, 6.45) is 1.68. The summed E-state index contributed by atoms with van der Waals surface area (Å²) in [7, 11) is 2.14. The third-order valence-electron chi connectivity index (χ3n) is 6.94. The number of hydrogen-bond donors (Lipinski definition) is 0. The van der Waals surface area contributed by atoms with Crippen LogP contribution >= 0.6 is 0 Å². The van der Waals surface area contributed by atoms with Crippen LogP contribution in [-0.4, -0.2) is 4.57 Å². The van der Waals surface area contributed by atoms with E-state index in [-0.39, 0.29) is 0 Å². The highest BCUT2D eigenvalue weighted by molar-refractivity contribution is 6.19. The fourth-order valence-corrected chi connectivity index (χ4v) is 5.21. The molecule has 0 radical (unpaired) electrons. The van der Waals surface area contributed by atoms with Gasteiger partial charge in [0.2, 0.25) is 0 Å². The number of rotatable bonds is 1. The Morgan fingerprint density at radius 2 is 1.62 bits per heavy atom. The second-order valence-electron chi connectivity index (χ2n) is 8.62. The average molecular weight is 417 g/mol. The zero-order chi connectivity index (χ0) is 21.6. The number of benzene rings is 4. The van der Waals surface area contributed by atoms with Crippen LogP contribution in [0.1, 0.15) is 11.4 Å². The highest BCUT2D eigenvalue weighted by Gasteiger charge is 2.24. The van der Waals surface area contributed by atoms with Crippen LogP contribution in [0.15, 0.2) is 81.8 Å². The number of para-hydroxylation sites is 1. The van der Waals surface area contributed by atoms with Crippen molar-refractivity contribution in [2.24, 2.45) is 7.05 Å². The maximum Gasteiger partial charge on any atom is 0.298 e. The van der Waals surface area contributed by atoms with E-state index in [2.05, 4.69) is 90.7 Å². The van der Waals surface area contributed by atoms with E-state index in [9.17, 15) is 0 Å². The molecule has 0 spiro atoms. The second-order valence-corrected chi connectivity index (χ2v) is 8.62. The first-order chi connectivity index (χ1) is 15.6. The van der Waals surface area contributed by atoms with Gasteiger partial charge in [-0.05, 0) is 71.1 Å². The van der Waals surface area contributed by atoms with Crippen LogP contribution in [0.2, 0.25) is 0 Å². The number of fused-ring (bicyclic) bond motifs is 8. The summed E-state index contributed by atoms with van der Waals surface area (Å²) in [5.74, 6) is 1.78. The topological polar surface area (TPSA) is 35.1 Å². The third-order valence-corrected chi connectivity index (χ3v) is 6.94. The number of furan rings is 2. The number of imidazole rings is 1. The Balaban J connectivity index is 1.65. The minimum absolute atomic E-state index is 0.582. The van der Waals surface area contributed by atoms with Crippen molar-refractivity contribution in [1.82, 2.24) is 4.57 Å². The Labute approximate surface area is 183 Å². The lowest BCUT2D eigenvalue weighted by Gasteiger charge is -2.07. The smallest absolute Gasteiger partial charge is 0.298 e. The highest BCUT2D eigenvalue weighted by Crippen LogP contribution is 2.37. The van der Waals surface area contributed by atoms with E-state index >= 15 is 0 Å². The van der Waals surface area contributed by atoms with Gasteiger partial charge < -0.3 is 8.83 Å². The summed E-state index contributed by atoms with van der Waals surface area (Å²) in [6, 6.07) is 23.9. The molecule has 32 heavy (non-hydrogen) atoms. The van der Waals surface area contributed by atoms with E-state index in [4.69, 9.17) is 8.83 Å². The van der Waals surface area contributed by atoms with Crippen LogP contribution < -0.4 is 4.57 Å². The van der Waals surface area contributed by atoms with Crippen LogP contribution in [0.5, 0.6) is 0 Å². The molecule has 0 fully saturated rings. The van der Waals surface area contributed by atoms with Crippen molar-refractivity contribution in [2.45, 2.75) is 13.8 Å². The van der Waals surface area contributed by atoms with Crippen molar-refractivity contribution in [1.29, 1.82) is 0 Å². The highest BCUT2D eigenvalue weighted by atomic mass is 16.5. The molecule has 0 aliphatic heterocycles. The first-order valence-corrected chi connectivity index (χ1v) is 10.8. The van der Waals surface area contributed by atoms with Crippen molar-refractivity contribution < 1.29 is 13.4 Å². The summed E-state index contributed by atoms with van der Waals surface area (Å²) >= 11 is 0. The molecule has 0 N–H and O–H groups in total. The molecule has 0 aliphatic carbocycles. The summed E-state index contributed by atoms with van der Waals surface area (Å²) in [6.45, 7) is 4.35. The van der Waals surface area contributed by atoms with Gasteiger partial charge in [0.1, 0.15) is 11.3 Å². The molecule has 7 aromatic rings. The van der Waals surface area contributed by atoms with Gasteiger partial charge in [0.05, 0.1) is 18.7 Å². The number of nitrogens with zero attached hydrogens (tertiary/aromatic N) is 2. The van der Waals surface area contributed by atoms with Crippen LogP contribution in [0.25, 0.3) is 60.4 Å². The fraction of sp³-hybridized carbons (Fsp3) is 0.107. The van der Waals surface area contributed by atoms with Crippen molar-refractivity contribution in [3.8, 4) is 5.69 Å². The van der Waals surface area contributed by atoms with E-state index in [1.54, 1.807) is 6.26 Å². The van der Waals surface area contributed by atoms with Crippen molar-refractivity contribution in [3.63, 3.8) is 0 Å². The molecule has 4 nitrogen and oxygen atoms in total. The molecular formula is C28H21N2O2+. The predicted molar refractivity (Wildman–Crippen MR) is 128 cm³/mol. The summed E-state index contributed by atoms with van der Waals surface area (Å²) in [5.41, 5.74) is 5.77. The van der Waals surface area contributed by atoms with Gasteiger partial charge in [0, 0.05) is 17.7 Å². The van der Waals surface area contributed by atoms with Gasteiger partial charge in [0.15, 0.2) is 11.0 Å². The monoisotopic (exact) mass is 417 g/mol. The Kier molecular flexibility index (Phi) is 3.31. The molecule has 4 aromatic carbocycles. The lowest BCUT2D eigenvalue weighted by molar-refractivity contribution is -0.652. The van der Waals surface area contributed by atoms with Gasteiger partial charge in [-0.1, -0.05) is 24.3 Å². The first-order valence-electron chi connectivity index (χ1n) is 10.8. The van der Waals surface area contributed by atoms with Crippen LogP contribution in [0.3, 0.4) is 0 Å². The minimum Gasteiger partial charge on any atom is -0.433 e. The first kappa shape index (κ1) is 17.6. The lowest BCUT2D eigenvalue weighted by Crippen LogP contribution is -2.30. The normalized spacial score (nSPS) is 12.2. The number of aromatic nitrogens is 2. The fourth-order valence-electron chi connectivity index (χ4n) is 5.21. The maximum atomic E-state index is 5.99. The number of hydrogen-bond acceptors (Lipinski definition) is 2. The largest absolute Gasteiger partial charge is 0.433 e. The molecule has 3 heterocycles. The van der Waals surface area contributed by atoms with Crippen molar-refractivity contribution in [3.05, 3.63) is 84.4 Å². The van der Waals surface area contributed by atoms with E-state index in [0.29, 0.717) is 5.78 Å². The van der Waals surface area contributed by atoms with E-state index < -0.39 is 0 Å². The van der Waals surface area contributed by atoms with E-state index in [1.807, 2.05) is 6.07 Å². The standard InChI is InChI=1S/C28H21N2O2/c1-16-6-4-5-7-24(16)30-17(2)29(3)25-11-10-19-20(27(25)30)9-8-18-14-23-21-12-13-31-28(21)32-26(23)15-22(18)19/h4-15H,1-3H3/q+1. The van der Waals surface area contributed by atoms with Crippen LogP contribution in [0.4, 0.5) is 0 Å². The molecule has 154 valence electrons.